The van der Waals surface area contributed by atoms with Crippen LogP contribution in [0.4, 0.5) is 5.69 Å². The van der Waals surface area contributed by atoms with Gasteiger partial charge in [0.25, 0.3) is 0 Å². The smallest absolute Gasteiger partial charge is 0.227 e. The second-order valence-electron chi connectivity index (χ2n) is 5.95. The van der Waals surface area contributed by atoms with Gasteiger partial charge in [0.2, 0.25) is 17.6 Å². The average Bonchev–Trinajstić information content (AvgIpc) is 3.35. The maximum Gasteiger partial charge on any atom is 0.227 e. The molecular weight excluding hydrogens is 348 g/mol. The number of aryl methyl sites for hydroxylation is 1. The highest BCUT2D eigenvalue weighted by molar-refractivity contribution is 7.13. The molecule has 0 saturated heterocycles. The first kappa shape index (κ1) is 18.1. The van der Waals surface area contributed by atoms with Crippen LogP contribution in [0.3, 0.4) is 0 Å². The highest BCUT2D eigenvalue weighted by Gasteiger charge is 2.11. The molecule has 0 aliphatic heterocycles. The van der Waals surface area contributed by atoms with Gasteiger partial charge in [-0.1, -0.05) is 29.4 Å². The number of rotatable bonds is 9. The topological polar surface area (TPSA) is 71.3 Å². The van der Waals surface area contributed by atoms with E-state index in [0.717, 1.165) is 17.8 Å². The molecule has 7 heteroatoms. The summed E-state index contributed by atoms with van der Waals surface area (Å²) < 4.78 is 5.20. The second-order valence-corrected chi connectivity index (χ2v) is 6.90. The molecule has 136 valence electrons. The van der Waals surface area contributed by atoms with E-state index in [9.17, 15) is 4.79 Å². The zero-order valence-corrected chi connectivity index (χ0v) is 15.5. The van der Waals surface area contributed by atoms with Crippen LogP contribution in [0.15, 0.2) is 52.4 Å². The molecule has 0 fully saturated rings. The molecule has 0 aliphatic rings. The molecule has 3 rings (SSSR count). The molecule has 0 atom stereocenters. The van der Waals surface area contributed by atoms with Gasteiger partial charge in [-0.05, 0) is 30.0 Å². The monoisotopic (exact) mass is 370 g/mol. The zero-order chi connectivity index (χ0) is 18.2. The van der Waals surface area contributed by atoms with Crippen LogP contribution >= 0.6 is 11.3 Å². The Labute approximate surface area is 156 Å². The van der Waals surface area contributed by atoms with Crippen molar-refractivity contribution in [3.8, 4) is 10.7 Å². The van der Waals surface area contributed by atoms with Crippen molar-refractivity contribution in [3.63, 3.8) is 0 Å². The summed E-state index contributed by atoms with van der Waals surface area (Å²) in [6.45, 7) is 1.54. The van der Waals surface area contributed by atoms with Crippen molar-refractivity contribution in [1.29, 1.82) is 0 Å². The van der Waals surface area contributed by atoms with Gasteiger partial charge in [0.05, 0.1) is 4.88 Å². The molecule has 2 heterocycles. The van der Waals surface area contributed by atoms with Crippen LogP contribution in [0, 0.1) is 0 Å². The predicted molar refractivity (Wildman–Crippen MR) is 103 cm³/mol. The van der Waals surface area contributed by atoms with E-state index in [0.29, 0.717) is 31.1 Å². The Hall–Kier alpha value is -2.67. The Kier molecular flexibility index (Phi) is 6.38. The van der Waals surface area contributed by atoms with Crippen molar-refractivity contribution in [2.45, 2.75) is 19.3 Å². The van der Waals surface area contributed by atoms with Crippen molar-refractivity contribution in [3.05, 3.63) is 53.7 Å². The molecule has 0 unspecified atom stereocenters. The van der Waals surface area contributed by atoms with Crippen molar-refractivity contribution < 1.29 is 9.32 Å². The fourth-order valence-corrected chi connectivity index (χ4v) is 3.18. The molecule has 3 aromatic rings. The minimum absolute atomic E-state index is 0.00300. The molecule has 0 spiro atoms. The third-order valence-corrected chi connectivity index (χ3v) is 4.83. The number of aromatic nitrogens is 2. The molecule has 2 aromatic heterocycles. The number of carbonyl (C=O) groups is 1. The van der Waals surface area contributed by atoms with Crippen molar-refractivity contribution in [2.24, 2.45) is 0 Å². The van der Waals surface area contributed by atoms with Gasteiger partial charge in [-0.2, -0.15) is 4.98 Å². The summed E-state index contributed by atoms with van der Waals surface area (Å²) in [6, 6.07) is 14.1. The first-order valence-corrected chi connectivity index (χ1v) is 9.49. The van der Waals surface area contributed by atoms with Crippen LogP contribution in [0.2, 0.25) is 0 Å². The number of nitrogens with one attached hydrogen (secondary N) is 1. The fraction of sp³-hybridized carbons (Fsp3) is 0.316. The lowest BCUT2D eigenvalue weighted by molar-refractivity contribution is -0.121. The van der Waals surface area contributed by atoms with Crippen molar-refractivity contribution in [1.82, 2.24) is 15.5 Å². The van der Waals surface area contributed by atoms with E-state index in [4.69, 9.17) is 4.52 Å². The van der Waals surface area contributed by atoms with E-state index >= 15 is 0 Å². The number of anilines is 1. The Morgan fingerprint density at radius 2 is 2.08 bits per heavy atom. The van der Waals surface area contributed by atoms with Gasteiger partial charge in [0.15, 0.2) is 0 Å². The second kappa shape index (κ2) is 9.15. The number of para-hydroxylation sites is 1. The zero-order valence-electron chi connectivity index (χ0n) is 14.7. The van der Waals surface area contributed by atoms with E-state index in [1.54, 1.807) is 11.3 Å². The van der Waals surface area contributed by atoms with E-state index in [1.807, 2.05) is 35.7 Å². The summed E-state index contributed by atoms with van der Waals surface area (Å²) in [7, 11) is 2.05. The summed E-state index contributed by atoms with van der Waals surface area (Å²) in [5.74, 6) is 1.08. The molecule has 0 radical (unpaired) electrons. The summed E-state index contributed by atoms with van der Waals surface area (Å²) in [6.07, 6.45) is 1.69. The fourth-order valence-electron chi connectivity index (χ4n) is 2.53. The molecule has 1 amide bonds. The molecule has 0 saturated carbocycles. The lowest BCUT2D eigenvalue weighted by Crippen LogP contribution is -2.28. The van der Waals surface area contributed by atoms with Gasteiger partial charge >= 0.3 is 0 Å². The van der Waals surface area contributed by atoms with E-state index in [1.165, 1.54) is 5.69 Å². The molecule has 1 aromatic carbocycles. The molecule has 0 aliphatic carbocycles. The van der Waals surface area contributed by atoms with E-state index in [-0.39, 0.29) is 5.91 Å². The minimum atomic E-state index is 0.00300. The number of hydrogen-bond donors (Lipinski definition) is 1. The molecular formula is C19H22N4O2S. The third kappa shape index (κ3) is 5.16. The standard InChI is InChI=1S/C19H22N4O2S/c1-23(15-7-3-2-4-8-15)13-6-12-20-17(24)10-11-18-21-19(22-25-18)16-9-5-14-26-16/h2-5,7-9,14H,6,10-13H2,1H3,(H,20,24). The number of nitrogens with zero attached hydrogens (tertiary/aromatic N) is 3. The van der Waals surface area contributed by atoms with Gasteiger partial charge < -0.3 is 14.7 Å². The van der Waals surface area contributed by atoms with Crippen LogP contribution in [0.25, 0.3) is 10.7 Å². The van der Waals surface area contributed by atoms with Crippen molar-refractivity contribution >= 4 is 22.9 Å². The van der Waals surface area contributed by atoms with Crippen LogP contribution in [-0.4, -0.2) is 36.2 Å². The summed E-state index contributed by atoms with van der Waals surface area (Å²) in [5.41, 5.74) is 1.18. The van der Waals surface area contributed by atoms with Crippen LogP contribution in [0.5, 0.6) is 0 Å². The predicted octanol–water partition coefficient (Wildman–Crippen LogP) is 3.37. The lowest BCUT2D eigenvalue weighted by Gasteiger charge is -2.19. The number of thiophene rings is 1. The Morgan fingerprint density at radius 3 is 2.85 bits per heavy atom. The Morgan fingerprint density at radius 1 is 1.23 bits per heavy atom. The number of amides is 1. The molecule has 0 bridgehead atoms. The Bertz CT molecular complexity index is 802. The largest absolute Gasteiger partial charge is 0.375 e. The van der Waals surface area contributed by atoms with Crippen LogP contribution in [-0.2, 0) is 11.2 Å². The Balaban J connectivity index is 1.33. The third-order valence-electron chi connectivity index (χ3n) is 3.97. The normalized spacial score (nSPS) is 10.7. The molecule has 26 heavy (non-hydrogen) atoms. The maximum atomic E-state index is 12.0. The molecule has 6 nitrogen and oxygen atoms in total. The van der Waals surface area contributed by atoms with E-state index < -0.39 is 0 Å². The van der Waals surface area contributed by atoms with Gasteiger partial charge in [-0.3, -0.25) is 4.79 Å². The summed E-state index contributed by atoms with van der Waals surface area (Å²) >= 11 is 1.56. The van der Waals surface area contributed by atoms with Crippen LogP contribution < -0.4 is 10.2 Å². The van der Waals surface area contributed by atoms with Gasteiger partial charge in [0, 0.05) is 38.7 Å². The lowest BCUT2D eigenvalue weighted by atomic mass is 10.2. The van der Waals surface area contributed by atoms with E-state index in [2.05, 4.69) is 39.5 Å². The highest BCUT2D eigenvalue weighted by atomic mass is 32.1. The van der Waals surface area contributed by atoms with Crippen LogP contribution in [0.1, 0.15) is 18.7 Å². The molecule has 1 N–H and O–H groups in total. The number of hydrogen-bond acceptors (Lipinski definition) is 6. The summed E-state index contributed by atoms with van der Waals surface area (Å²) in [4.78, 5) is 19.4. The summed E-state index contributed by atoms with van der Waals surface area (Å²) in [5, 5.41) is 8.85. The van der Waals surface area contributed by atoms with Gasteiger partial charge in [-0.15, -0.1) is 11.3 Å². The minimum Gasteiger partial charge on any atom is -0.375 e. The average molecular weight is 370 g/mol. The highest BCUT2D eigenvalue weighted by Crippen LogP contribution is 2.21. The first-order valence-electron chi connectivity index (χ1n) is 8.62. The number of carbonyl (C=O) groups excluding carboxylic acids is 1. The SMILES string of the molecule is CN(CCCNC(=O)CCc1nc(-c2cccs2)no1)c1ccccc1. The van der Waals surface area contributed by atoms with Gasteiger partial charge in [0.1, 0.15) is 0 Å². The van der Waals surface area contributed by atoms with Gasteiger partial charge in [-0.25, -0.2) is 0 Å². The first-order chi connectivity index (χ1) is 12.7. The van der Waals surface area contributed by atoms with Crippen molar-refractivity contribution in [2.75, 3.05) is 25.0 Å². The quantitative estimate of drug-likeness (QED) is 0.585. The maximum absolute atomic E-state index is 12.0. The number of benzene rings is 1.